The molecule has 1 fully saturated rings. The highest BCUT2D eigenvalue weighted by atomic mass is 32.1. The third-order valence-electron chi connectivity index (χ3n) is 2.79. The molecule has 1 aromatic rings. The number of carboxylic acids is 1. The van der Waals surface area contributed by atoms with Crippen LogP contribution in [0.15, 0.2) is 0 Å². The molecular weight excluding hydrogens is 226 g/mol. The van der Waals surface area contributed by atoms with Gasteiger partial charge in [-0.1, -0.05) is 0 Å². The van der Waals surface area contributed by atoms with Crippen molar-refractivity contribution in [3.05, 3.63) is 15.6 Å². The largest absolute Gasteiger partial charge is 0.481 e. The number of nitrogens with zero attached hydrogens (tertiary/aromatic N) is 1. The number of aryl methyl sites for hydroxylation is 1. The topological polar surface area (TPSA) is 59.4 Å². The van der Waals surface area contributed by atoms with Gasteiger partial charge in [-0.3, -0.25) is 4.79 Å². The molecule has 0 bridgehead atoms. The van der Waals surface area contributed by atoms with Crippen LogP contribution in [0.5, 0.6) is 0 Å². The van der Waals surface area contributed by atoms with Gasteiger partial charge in [0.25, 0.3) is 0 Å². The molecular formula is C11H15NO3S. The summed E-state index contributed by atoms with van der Waals surface area (Å²) in [4.78, 5) is 16.0. The van der Waals surface area contributed by atoms with Gasteiger partial charge in [-0.15, -0.1) is 11.3 Å². The van der Waals surface area contributed by atoms with Crippen LogP contribution >= 0.6 is 11.3 Å². The summed E-state index contributed by atoms with van der Waals surface area (Å²) in [5.41, 5.74) is 0.869. The van der Waals surface area contributed by atoms with Gasteiger partial charge >= 0.3 is 5.97 Å². The number of ether oxygens (including phenoxy) is 1. The van der Waals surface area contributed by atoms with Crippen molar-refractivity contribution in [1.82, 2.24) is 4.98 Å². The van der Waals surface area contributed by atoms with E-state index in [1.54, 1.807) is 11.3 Å². The van der Waals surface area contributed by atoms with E-state index >= 15 is 0 Å². The summed E-state index contributed by atoms with van der Waals surface area (Å²) in [6, 6.07) is 0. The Kier molecular flexibility index (Phi) is 3.56. The molecule has 0 unspecified atom stereocenters. The standard InChI is InChI=1S/C11H15NO3S/c1-7-9(6-10(13)14)16-11(12-7)8-2-4-15-5-3-8/h8H,2-6H2,1H3,(H,13,14). The number of aliphatic carboxylic acids is 1. The first-order valence-corrected chi connectivity index (χ1v) is 6.24. The summed E-state index contributed by atoms with van der Waals surface area (Å²) in [6.45, 7) is 3.46. The van der Waals surface area contributed by atoms with E-state index in [9.17, 15) is 4.79 Å². The van der Waals surface area contributed by atoms with Gasteiger partial charge in [-0.2, -0.15) is 0 Å². The molecule has 0 spiro atoms. The second kappa shape index (κ2) is 4.93. The Labute approximate surface area is 98.3 Å². The minimum absolute atomic E-state index is 0.0900. The third-order valence-corrected chi connectivity index (χ3v) is 4.11. The van der Waals surface area contributed by atoms with Gasteiger partial charge in [0.05, 0.1) is 17.1 Å². The van der Waals surface area contributed by atoms with Crippen molar-refractivity contribution >= 4 is 17.3 Å². The summed E-state index contributed by atoms with van der Waals surface area (Å²) in [5.74, 6) is -0.328. The Morgan fingerprint density at radius 3 is 2.88 bits per heavy atom. The predicted molar refractivity (Wildman–Crippen MR) is 61.0 cm³/mol. The maximum Gasteiger partial charge on any atom is 0.308 e. The van der Waals surface area contributed by atoms with Crippen molar-refractivity contribution in [3.63, 3.8) is 0 Å². The van der Waals surface area contributed by atoms with Gasteiger partial charge in [0, 0.05) is 24.0 Å². The molecule has 88 valence electrons. The SMILES string of the molecule is Cc1nc(C2CCOCC2)sc1CC(=O)O. The van der Waals surface area contributed by atoms with Crippen LogP contribution in [0.3, 0.4) is 0 Å². The highest BCUT2D eigenvalue weighted by Gasteiger charge is 2.21. The number of aromatic nitrogens is 1. The molecule has 0 saturated carbocycles. The summed E-state index contributed by atoms with van der Waals surface area (Å²) in [6.07, 6.45) is 2.09. The predicted octanol–water partition coefficient (Wildman–Crippen LogP) is 1.97. The molecule has 0 amide bonds. The van der Waals surface area contributed by atoms with E-state index < -0.39 is 5.97 Å². The van der Waals surface area contributed by atoms with Crippen LogP contribution < -0.4 is 0 Å². The van der Waals surface area contributed by atoms with Crippen LogP contribution in [-0.2, 0) is 16.0 Å². The maximum atomic E-state index is 10.7. The number of carbonyl (C=O) groups is 1. The van der Waals surface area contributed by atoms with Crippen LogP contribution in [-0.4, -0.2) is 29.3 Å². The molecule has 1 aliphatic heterocycles. The Hall–Kier alpha value is -0.940. The van der Waals surface area contributed by atoms with Crippen molar-refractivity contribution in [1.29, 1.82) is 0 Å². The molecule has 0 atom stereocenters. The zero-order valence-corrected chi connectivity index (χ0v) is 10.0. The Morgan fingerprint density at radius 2 is 2.25 bits per heavy atom. The van der Waals surface area contributed by atoms with Gasteiger partial charge in [0.2, 0.25) is 0 Å². The molecule has 0 aliphatic carbocycles. The first-order chi connectivity index (χ1) is 7.66. The zero-order valence-electron chi connectivity index (χ0n) is 9.23. The molecule has 0 aromatic carbocycles. The smallest absolute Gasteiger partial charge is 0.308 e. The number of hydrogen-bond acceptors (Lipinski definition) is 4. The van der Waals surface area contributed by atoms with Crippen molar-refractivity contribution in [2.24, 2.45) is 0 Å². The monoisotopic (exact) mass is 241 g/mol. The summed E-state index contributed by atoms with van der Waals surface area (Å²) in [5, 5.41) is 9.85. The van der Waals surface area contributed by atoms with Gasteiger partial charge in [-0.05, 0) is 19.8 Å². The second-order valence-electron chi connectivity index (χ2n) is 4.02. The van der Waals surface area contributed by atoms with E-state index in [4.69, 9.17) is 9.84 Å². The normalized spacial score (nSPS) is 17.6. The van der Waals surface area contributed by atoms with Crippen molar-refractivity contribution in [3.8, 4) is 0 Å². The Balaban J connectivity index is 2.12. The van der Waals surface area contributed by atoms with Crippen molar-refractivity contribution in [2.45, 2.75) is 32.1 Å². The minimum atomic E-state index is -0.787. The zero-order chi connectivity index (χ0) is 11.5. The average Bonchev–Trinajstić information content (AvgIpc) is 2.61. The van der Waals surface area contributed by atoms with E-state index in [1.807, 2.05) is 6.92 Å². The lowest BCUT2D eigenvalue weighted by molar-refractivity contribution is -0.136. The molecule has 1 saturated heterocycles. The lowest BCUT2D eigenvalue weighted by atomic mass is 10.0. The molecule has 5 heteroatoms. The van der Waals surface area contributed by atoms with E-state index in [2.05, 4.69) is 4.98 Å². The quantitative estimate of drug-likeness (QED) is 0.879. The van der Waals surface area contributed by atoms with Gasteiger partial charge in [0.1, 0.15) is 0 Å². The molecule has 2 rings (SSSR count). The van der Waals surface area contributed by atoms with E-state index in [0.717, 1.165) is 41.6 Å². The van der Waals surface area contributed by atoms with Gasteiger partial charge < -0.3 is 9.84 Å². The Bertz CT molecular complexity index is 383. The highest BCUT2D eigenvalue weighted by Crippen LogP contribution is 2.31. The maximum absolute atomic E-state index is 10.7. The molecule has 1 N–H and O–H groups in total. The molecule has 2 heterocycles. The molecule has 0 radical (unpaired) electrons. The molecule has 4 nitrogen and oxygen atoms in total. The number of thiazole rings is 1. The van der Waals surface area contributed by atoms with Gasteiger partial charge in [0.15, 0.2) is 0 Å². The Morgan fingerprint density at radius 1 is 1.56 bits per heavy atom. The fourth-order valence-electron chi connectivity index (χ4n) is 1.87. The second-order valence-corrected chi connectivity index (χ2v) is 5.13. The van der Waals surface area contributed by atoms with Crippen LogP contribution in [0, 0.1) is 6.92 Å². The summed E-state index contributed by atoms with van der Waals surface area (Å²) in [7, 11) is 0. The van der Waals surface area contributed by atoms with E-state index in [1.165, 1.54) is 0 Å². The molecule has 16 heavy (non-hydrogen) atoms. The number of rotatable bonds is 3. The van der Waals surface area contributed by atoms with Crippen LogP contribution in [0.4, 0.5) is 0 Å². The van der Waals surface area contributed by atoms with Crippen LogP contribution in [0.25, 0.3) is 0 Å². The highest BCUT2D eigenvalue weighted by molar-refractivity contribution is 7.11. The fourth-order valence-corrected chi connectivity index (χ4v) is 3.10. The lowest BCUT2D eigenvalue weighted by Gasteiger charge is -2.19. The average molecular weight is 241 g/mol. The summed E-state index contributed by atoms with van der Waals surface area (Å²) < 4.78 is 5.31. The fraction of sp³-hybridized carbons (Fsp3) is 0.636. The first kappa shape index (κ1) is 11.5. The van der Waals surface area contributed by atoms with Gasteiger partial charge in [-0.25, -0.2) is 4.98 Å². The lowest BCUT2D eigenvalue weighted by Crippen LogP contribution is -2.13. The summed E-state index contributed by atoms with van der Waals surface area (Å²) >= 11 is 1.55. The van der Waals surface area contributed by atoms with Crippen LogP contribution in [0.1, 0.15) is 34.3 Å². The first-order valence-electron chi connectivity index (χ1n) is 5.42. The number of hydrogen-bond donors (Lipinski definition) is 1. The third kappa shape index (κ3) is 2.59. The van der Waals surface area contributed by atoms with Crippen molar-refractivity contribution < 1.29 is 14.6 Å². The molecule has 1 aliphatic rings. The minimum Gasteiger partial charge on any atom is -0.481 e. The van der Waals surface area contributed by atoms with E-state index in [0.29, 0.717) is 5.92 Å². The molecule has 1 aromatic heterocycles. The van der Waals surface area contributed by atoms with Crippen molar-refractivity contribution in [2.75, 3.05) is 13.2 Å². The number of carboxylic acid groups (broad SMARTS) is 1. The van der Waals surface area contributed by atoms with E-state index in [-0.39, 0.29) is 6.42 Å². The van der Waals surface area contributed by atoms with Crippen LogP contribution in [0.2, 0.25) is 0 Å².